The molecule has 0 aromatic heterocycles. The van der Waals surface area contributed by atoms with Crippen LogP contribution in [0.4, 0.5) is 11.4 Å². The number of amides is 1. The minimum absolute atomic E-state index is 0.0323. The molecule has 2 heterocycles. The molecule has 0 bridgehead atoms. The van der Waals surface area contributed by atoms with Gasteiger partial charge in [0.2, 0.25) is 5.88 Å². The Bertz CT molecular complexity index is 2120. The predicted molar refractivity (Wildman–Crippen MR) is 173 cm³/mol. The number of carboxylic acid groups (broad SMARTS) is 1. The Kier molecular flexibility index (Phi) is 8.46. The van der Waals surface area contributed by atoms with Crippen LogP contribution in [0.25, 0.3) is 21.5 Å². The van der Waals surface area contributed by atoms with Crippen LogP contribution >= 0.6 is 0 Å². The van der Waals surface area contributed by atoms with E-state index in [2.05, 4.69) is 4.85 Å². The summed E-state index contributed by atoms with van der Waals surface area (Å²) in [5, 5.41) is 11.4. The lowest BCUT2D eigenvalue weighted by Gasteiger charge is -2.22. The lowest BCUT2D eigenvalue weighted by molar-refractivity contribution is -0.255. The molecule has 6 rings (SSSR count). The molecule has 0 radical (unpaired) electrons. The summed E-state index contributed by atoms with van der Waals surface area (Å²) in [5.41, 5.74) is 4.00. The molecule has 0 saturated carbocycles. The fraction of sp³-hybridized carbons (Fsp3) is 0.0833. The summed E-state index contributed by atoms with van der Waals surface area (Å²) in [6.07, 6.45) is 3.28. The summed E-state index contributed by atoms with van der Waals surface area (Å²) in [7, 11) is -4.45. The topological polar surface area (TPSA) is 134 Å². The van der Waals surface area contributed by atoms with E-state index in [1.165, 1.54) is 29.2 Å². The number of nitrogens with zero attached hydrogens (tertiary/aromatic N) is 3. The van der Waals surface area contributed by atoms with Gasteiger partial charge in [-0.05, 0) is 59.0 Å². The fourth-order valence-corrected chi connectivity index (χ4v) is 6.01. The maximum Gasteiger partial charge on any atom is 0.262 e. The van der Waals surface area contributed by atoms with Crippen molar-refractivity contribution in [3.05, 3.63) is 155 Å². The van der Waals surface area contributed by atoms with Gasteiger partial charge in [-0.3, -0.25) is 9.69 Å². The van der Waals surface area contributed by atoms with Crippen molar-refractivity contribution in [3.8, 4) is 16.9 Å². The normalized spacial score (nSPS) is 16.0. The summed E-state index contributed by atoms with van der Waals surface area (Å²) in [6.45, 7) is 8.01. The highest BCUT2D eigenvalue weighted by molar-refractivity contribution is 7.85. The summed E-state index contributed by atoms with van der Waals surface area (Å²) >= 11 is 0. The number of hydrogen-bond acceptors (Lipinski definition) is 8. The average Bonchev–Trinajstić information content (AvgIpc) is 3.56. The number of carboxylic acids is 1. The molecule has 1 amide bonds. The number of benzene rings is 4. The maximum absolute atomic E-state index is 13.7. The molecule has 0 saturated heterocycles. The number of carbonyl (C=O) groups excluding carboxylic acids is 2. The van der Waals surface area contributed by atoms with E-state index in [-0.39, 0.29) is 24.2 Å². The van der Waals surface area contributed by atoms with Gasteiger partial charge in [-0.25, -0.2) is 13.3 Å². The Balaban J connectivity index is 1.46. The second-order valence-corrected chi connectivity index (χ2v) is 12.2. The lowest BCUT2D eigenvalue weighted by atomic mass is 10.0. The third-order valence-corrected chi connectivity index (χ3v) is 8.46. The number of carbonyl (C=O) groups is 2. The number of anilines is 2. The highest BCUT2D eigenvalue weighted by Crippen LogP contribution is 2.43. The van der Waals surface area contributed by atoms with E-state index in [0.717, 1.165) is 11.1 Å². The number of fused-ring (bicyclic) bond motifs is 1. The first-order chi connectivity index (χ1) is 22.6. The van der Waals surface area contributed by atoms with Crippen LogP contribution in [0.2, 0.25) is 0 Å². The van der Waals surface area contributed by atoms with E-state index in [9.17, 15) is 27.7 Å². The van der Waals surface area contributed by atoms with E-state index >= 15 is 0 Å². The second kappa shape index (κ2) is 12.8. The zero-order valence-corrected chi connectivity index (χ0v) is 25.5. The van der Waals surface area contributed by atoms with E-state index < -0.39 is 27.7 Å². The lowest BCUT2D eigenvalue weighted by Crippen LogP contribution is -2.26. The summed E-state index contributed by atoms with van der Waals surface area (Å²) < 4.78 is 40.5. The van der Waals surface area contributed by atoms with Crippen molar-refractivity contribution in [2.75, 3.05) is 22.1 Å². The van der Waals surface area contributed by atoms with Crippen molar-refractivity contribution in [3.63, 3.8) is 0 Å². The standard InChI is InChI=1S/C36H27N3O7S/c1-37-34-33(25-11-6-3-7-12-25)29(39(35(34)40)28-16-13-26(14-17-28)36(41)42)18-20-32-38(21-8-22-47(43,44)45)30-23-27(15-19-31(30)46-32)24-9-4-2-5-10-24/h2-7,9-20,23H,8,21-22H2,(H,41,42)(H,43,44,45)/p-2/b29-18-,32-20+. The summed E-state index contributed by atoms with van der Waals surface area (Å²) in [6, 6.07) is 29.8. The van der Waals surface area contributed by atoms with Crippen LogP contribution in [-0.2, 0) is 14.9 Å². The SMILES string of the molecule is [C-]#[N+]C1=C(c2ccccc2)/C(=C/C=C2/Oc3ccc(-c4ccccc4)cc3N2CCCS(=O)(=O)[O-])N(c2ccc(C(=O)[O-])cc2)C1=O. The first kappa shape index (κ1) is 31.0. The van der Waals surface area contributed by atoms with Crippen molar-refractivity contribution in [1.29, 1.82) is 0 Å². The van der Waals surface area contributed by atoms with Gasteiger partial charge in [0.25, 0.3) is 11.6 Å². The fourth-order valence-electron chi connectivity index (χ4n) is 5.52. The predicted octanol–water partition coefficient (Wildman–Crippen LogP) is 4.95. The third kappa shape index (κ3) is 6.41. The van der Waals surface area contributed by atoms with Gasteiger partial charge in [-0.2, -0.15) is 0 Å². The molecule has 0 spiro atoms. The highest BCUT2D eigenvalue weighted by Gasteiger charge is 2.37. The number of ether oxygens (including phenoxy) is 1. The van der Waals surface area contributed by atoms with Gasteiger partial charge >= 0.3 is 0 Å². The Labute approximate surface area is 271 Å². The zero-order chi connectivity index (χ0) is 33.1. The van der Waals surface area contributed by atoms with E-state index in [1.54, 1.807) is 47.4 Å². The molecule has 2 aliphatic rings. The summed E-state index contributed by atoms with van der Waals surface area (Å²) in [4.78, 5) is 31.8. The number of rotatable bonds is 9. The number of aromatic carboxylic acids is 1. The molecule has 0 unspecified atom stereocenters. The molecule has 47 heavy (non-hydrogen) atoms. The molecule has 234 valence electrons. The number of allylic oxidation sites excluding steroid dienone is 3. The van der Waals surface area contributed by atoms with E-state index in [4.69, 9.17) is 11.3 Å². The van der Waals surface area contributed by atoms with Crippen molar-refractivity contribution < 1.29 is 32.4 Å². The molecule has 0 N–H and O–H groups in total. The van der Waals surface area contributed by atoms with E-state index in [0.29, 0.717) is 39.8 Å². The molecule has 4 aromatic rings. The van der Waals surface area contributed by atoms with Gasteiger partial charge in [0.1, 0.15) is 0 Å². The Morgan fingerprint density at radius 1 is 0.872 bits per heavy atom. The Morgan fingerprint density at radius 3 is 2.15 bits per heavy atom. The van der Waals surface area contributed by atoms with Gasteiger partial charge in [-0.1, -0.05) is 78.9 Å². The molecular formula is C36H25N3O7S-2. The average molecular weight is 644 g/mol. The van der Waals surface area contributed by atoms with Crippen molar-refractivity contribution in [1.82, 2.24) is 0 Å². The third-order valence-electron chi connectivity index (χ3n) is 7.67. The van der Waals surface area contributed by atoms with Gasteiger partial charge in [0.15, 0.2) is 5.75 Å². The minimum Gasteiger partial charge on any atom is -0.748 e. The molecule has 11 heteroatoms. The first-order valence-corrected chi connectivity index (χ1v) is 16.1. The molecule has 0 aliphatic carbocycles. The van der Waals surface area contributed by atoms with Crippen molar-refractivity contribution in [2.24, 2.45) is 0 Å². The van der Waals surface area contributed by atoms with Gasteiger partial charge in [0.05, 0.1) is 28.3 Å². The van der Waals surface area contributed by atoms with Gasteiger partial charge in [0, 0.05) is 35.3 Å². The van der Waals surface area contributed by atoms with E-state index in [1.807, 2.05) is 48.5 Å². The zero-order valence-electron chi connectivity index (χ0n) is 24.7. The first-order valence-electron chi connectivity index (χ1n) is 14.5. The molecule has 2 aliphatic heterocycles. The van der Waals surface area contributed by atoms with Gasteiger partial charge < -0.3 is 24.1 Å². The molecular weight excluding hydrogens is 618 g/mol. The number of hydrogen-bond donors (Lipinski definition) is 0. The van der Waals surface area contributed by atoms with Crippen LogP contribution < -0.4 is 19.6 Å². The van der Waals surface area contributed by atoms with Crippen LogP contribution in [0.3, 0.4) is 0 Å². The van der Waals surface area contributed by atoms with Gasteiger partial charge in [-0.15, -0.1) is 0 Å². The minimum atomic E-state index is -4.45. The molecule has 0 fully saturated rings. The van der Waals surface area contributed by atoms with Crippen molar-refractivity contribution in [2.45, 2.75) is 6.42 Å². The maximum atomic E-state index is 13.7. The van der Waals surface area contributed by atoms with Crippen LogP contribution in [0, 0.1) is 6.57 Å². The summed E-state index contributed by atoms with van der Waals surface area (Å²) in [5.74, 6) is -1.70. The van der Waals surface area contributed by atoms with Crippen molar-refractivity contribution >= 4 is 38.9 Å². The smallest absolute Gasteiger partial charge is 0.262 e. The Hall–Kier alpha value is -5.96. The highest BCUT2D eigenvalue weighted by atomic mass is 32.2. The van der Waals surface area contributed by atoms with Crippen LogP contribution in [0.15, 0.2) is 133 Å². The van der Waals surface area contributed by atoms with Crippen LogP contribution in [0.5, 0.6) is 5.75 Å². The van der Waals surface area contributed by atoms with Crippen LogP contribution in [0.1, 0.15) is 22.3 Å². The molecule has 0 atom stereocenters. The largest absolute Gasteiger partial charge is 0.748 e. The molecule has 10 nitrogen and oxygen atoms in total. The quantitative estimate of drug-likeness (QED) is 0.185. The Morgan fingerprint density at radius 2 is 1.53 bits per heavy atom. The van der Waals surface area contributed by atoms with Crippen LogP contribution in [-0.4, -0.2) is 37.1 Å². The monoisotopic (exact) mass is 643 g/mol. The second-order valence-electron chi connectivity index (χ2n) is 10.7. The molecule has 4 aromatic carbocycles.